The smallest absolute Gasteiger partial charge is 0.0948 e. The van der Waals surface area contributed by atoms with Gasteiger partial charge in [0.2, 0.25) is 0 Å². The van der Waals surface area contributed by atoms with Crippen LogP contribution >= 0.6 is 0 Å². The Labute approximate surface area is 91.7 Å². The molecule has 0 aliphatic heterocycles. The van der Waals surface area contributed by atoms with Crippen molar-refractivity contribution < 1.29 is 0 Å². The zero-order valence-electron chi connectivity index (χ0n) is 9.70. The van der Waals surface area contributed by atoms with Crippen LogP contribution in [0.1, 0.15) is 38.9 Å². The molecule has 82 valence electrons. The molecule has 1 unspecified atom stereocenters. The maximum Gasteiger partial charge on any atom is 0.0948 e. The summed E-state index contributed by atoms with van der Waals surface area (Å²) in [6, 6.07) is 0.0575. The molecule has 1 aromatic rings. The molecule has 0 spiro atoms. The highest BCUT2D eigenvalue weighted by Gasteiger charge is 2.14. The lowest BCUT2D eigenvalue weighted by molar-refractivity contribution is 0.479. The molecule has 1 atom stereocenters. The van der Waals surface area contributed by atoms with Crippen molar-refractivity contribution in [2.75, 3.05) is 0 Å². The fraction of sp³-hybridized carbons (Fsp3) is 0.583. The lowest BCUT2D eigenvalue weighted by Crippen LogP contribution is -2.20. The summed E-state index contributed by atoms with van der Waals surface area (Å²) in [5, 5.41) is 0. The Balaban J connectivity index is 2.71. The van der Waals surface area contributed by atoms with Crippen LogP contribution < -0.4 is 5.73 Å². The molecule has 1 rings (SSSR count). The number of hydrogen-bond acceptors (Lipinski definition) is 2. The van der Waals surface area contributed by atoms with Crippen LogP contribution in [0.4, 0.5) is 0 Å². The van der Waals surface area contributed by atoms with Crippen molar-refractivity contribution in [1.29, 1.82) is 0 Å². The van der Waals surface area contributed by atoms with Crippen LogP contribution in [0.15, 0.2) is 12.5 Å². The van der Waals surface area contributed by atoms with Crippen molar-refractivity contribution in [1.82, 2.24) is 9.55 Å². The van der Waals surface area contributed by atoms with Crippen molar-refractivity contribution >= 4 is 0 Å². The first-order valence-corrected chi connectivity index (χ1v) is 5.32. The van der Waals surface area contributed by atoms with Crippen LogP contribution in [0.3, 0.4) is 0 Å². The van der Waals surface area contributed by atoms with E-state index in [9.17, 15) is 0 Å². The average Bonchev–Trinajstić information content (AvgIpc) is 2.65. The Morgan fingerprint density at radius 3 is 2.87 bits per heavy atom. The molecule has 0 saturated heterocycles. The Morgan fingerprint density at radius 2 is 2.27 bits per heavy atom. The molecule has 3 nitrogen and oxygen atoms in total. The molecule has 3 heteroatoms. The Morgan fingerprint density at radius 1 is 1.53 bits per heavy atom. The monoisotopic (exact) mass is 205 g/mol. The van der Waals surface area contributed by atoms with Crippen LogP contribution in [0, 0.1) is 17.8 Å². The second-order valence-electron chi connectivity index (χ2n) is 3.96. The molecule has 1 aromatic heterocycles. The molecule has 0 amide bonds. The Kier molecular flexibility index (Phi) is 4.38. The first kappa shape index (κ1) is 11.8. The summed E-state index contributed by atoms with van der Waals surface area (Å²) in [5.41, 5.74) is 7.19. The van der Waals surface area contributed by atoms with E-state index >= 15 is 0 Å². The van der Waals surface area contributed by atoms with Crippen molar-refractivity contribution in [3.8, 4) is 11.8 Å². The minimum absolute atomic E-state index is 0.0575. The zero-order valence-corrected chi connectivity index (χ0v) is 9.70. The largest absolute Gasteiger partial charge is 0.332 e. The number of nitrogens with two attached hydrogens (primary N) is 1. The summed E-state index contributed by atoms with van der Waals surface area (Å²) in [5.74, 6) is 6.36. The summed E-state index contributed by atoms with van der Waals surface area (Å²) in [6.07, 6.45) is 4.53. The number of nitrogens with zero attached hydrogens (tertiary/aromatic N) is 2. The van der Waals surface area contributed by atoms with Gasteiger partial charge in [-0.1, -0.05) is 13.8 Å². The SMILES string of the molecule is CC#CCCn1cncc1C(N)C(C)C. The standard InChI is InChI=1S/C12H19N3/c1-4-5-6-7-15-9-14-8-11(15)12(13)10(2)3/h8-10,12H,6-7,13H2,1-3H3. The summed E-state index contributed by atoms with van der Waals surface area (Å²) in [7, 11) is 0. The first-order chi connectivity index (χ1) is 7.16. The van der Waals surface area contributed by atoms with Gasteiger partial charge in [0.05, 0.1) is 12.0 Å². The van der Waals surface area contributed by atoms with Gasteiger partial charge in [0.25, 0.3) is 0 Å². The third-order valence-electron chi connectivity index (χ3n) is 2.46. The van der Waals surface area contributed by atoms with Crippen LogP contribution in [0.5, 0.6) is 0 Å². The van der Waals surface area contributed by atoms with E-state index in [-0.39, 0.29) is 6.04 Å². The third-order valence-corrected chi connectivity index (χ3v) is 2.46. The lowest BCUT2D eigenvalue weighted by Gasteiger charge is -2.17. The molecule has 1 heterocycles. The predicted octanol–water partition coefficient (Wildman–Crippen LogP) is 1.95. The van der Waals surface area contributed by atoms with Gasteiger partial charge < -0.3 is 10.3 Å². The van der Waals surface area contributed by atoms with Crippen LogP contribution in [-0.2, 0) is 6.54 Å². The summed E-state index contributed by atoms with van der Waals surface area (Å²) >= 11 is 0. The second-order valence-corrected chi connectivity index (χ2v) is 3.96. The minimum atomic E-state index is 0.0575. The fourth-order valence-corrected chi connectivity index (χ4v) is 1.44. The summed E-state index contributed by atoms with van der Waals surface area (Å²) in [6.45, 7) is 6.97. The van der Waals surface area contributed by atoms with E-state index in [1.807, 2.05) is 19.4 Å². The third kappa shape index (κ3) is 3.10. The predicted molar refractivity (Wildman–Crippen MR) is 62.1 cm³/mol. The summed E-state index contributed by atoms with van der Waals surface area (Å²) in [4.78, 5) is 4.14. The van der Waals surface area contributed by atoms with Gasteiger partial charge in [-0.05, 0) is 12.8 Å². The molecule has 0 aliphatic carbocycles. The average molecular weight is 205 g/mol. The fourth-order valence-electron chi connectivity index (χ4n) is 1.44. The topological polar surface area (TPSA) is 43.8 Å². The quantitative estimate of drug-likeness (QED) is 0.763. The van der Waals surface area contributed by atoms with Crippen molar-refractivity contribution in [3.05, 3.63) is 18.2 Å². The molecule has 0 aliphatic rings. The van der Waals surface area contributed by atoms with Crippen LogP contribution in [0.25, 0.3) is 0 Å². The number of hydrogen-bond donors (Lipinski definition) is 1. The highest BCUT2D eigenvalue weighted by atomic mass is 15.1. The molecule has 15 heavy (non-hydrogen) atoms. The molecule has 2 N–H and O–H groups in total. The Bertz CT molecular complexity index is 354. The van der Waals surface area contributed by atoms with Crippen LogP contribution in [0.2, 0.25) is 0 Å². The maximum atomic E-state index is 6.09. The van der Waals surface area contributed by atoms with E-state index in [2.05, 4.69) is 35.2 Å². The van der Waals surface area contributed by atoms with E-state index < -0.39 is 0 Å². The van der Waals surface area contributed by atoms with Gasteiger partial charge in [-0.15, -0.1) is 11.8 Å². The number of rotatable bonds is 4. The molecular weight excluding hydrogens is 186 g/mol. The van der Waals surface area contributed by atoms with E-state index in [4.69, 9.17) is 5.73 Å². The second kappa shape index (κ2) is 5.57. The normalized spacial score (nSPS) is 12.3. The number of aryl methyl sites for hydroxylation is 1. The Hall–Kier alpha value is -1.27. The van der Waals surface area contributed by atoms with Crippen molar-refractivity contribution in [3.63, 3.8) is 0 Å². The van der Waals surface area contributed by atoms with Gasteiger partial charge >= 0.3 is 0 Å². The van der Waals surface area contributed by atoms with Gasteiger partial charge in [-0.2, -0.15) is 0 Å². The van der Waals surface area contributed by atoms with Crippen molar-refractivity contribution in [2.45, 2.75) is 39.8 Å². The minimum Gasteiger partial charge on any atom is -0.332 e. The zero-order chi connectivity index (χ0) is 11.3. The molecule has 0 bridgehead atoms. The van der Waals surface area contributed by atoms with E-state index in [0.29, 0.717) is 5.92 Å². The van der Waals surface area contributed by atoms with Gasteiger partial charge in [0.1, 0.15) is 0 Å². The molecule has 0 aromatic carbocycles. The first-order valence-electron chi connectivity index (χ1n) is 5.32. The van der Waals surface area contributed by atoms with Crippen molar-refractivity contribution in [2.24, 2.45) is 11.7 Å². The highest BCUT2D eigenvalue weighted by molar-refractivity contribution is 5.06. The maximum absolute atomic E-state index is 6.09. The van der Waals surface area contributed by atoms with E-state index in [0.717, 1.165) is 18.7 Å². The van der Waals surface area contributed by atoms with Gasteiger partial charge in [-0.3, -0.25) is 0 Å². The van der Waals surface area contributed by atoms with E-state index in [1.54, 1.807) is 0 Å². The highest BCUT2D eigenvalue weighted by Crippen LogP contribution is 2.18. The summed E-state index contributed by atoms with van der Waals surface area (Å²) < 4.78 is 2.09. The number of aromatic nitrogens is 2. The lowest BCUT2D eigenvalue weighted by atomic mass is 10.0. The van der Waals surface area contributed by atoms with Gasteiger partial charge in [0.15, 0.2) is 0 Å². The number of imidazole rings is 1. The molecule has 0 radical (unpaired) electrons. The molecule has 0 saturated carbocycles. The van der Waals surface area contributed by atoms with E-state index in [1.165, 1.54) is 0 Å². The van der Waals surface area contributed by atoms with Gasteiger partial charge in [-0.25, -0.2) is 4.98 Å². The molecule has 0 fully saturated rings. The molecular formula is C12H19N3. The van der Waals surface area contributed by atoms with Crippen LogP contribution in [-0.4, -0.2) is 9.55 Å². The van der Waals surface area contributed by atoms with Gasteiger partial charge in [0, 0.05) is 25.2 Å².